The van der Waals surface area contributed by atoms with Crippen molar-refractivity contribution < 1.29 is 4.74 Å². The van der Waals surface area contributed by atoms with Crippen LogP contribution in [-0.4, -0.2) is 50.0 Å². The van der Waals surface area contributed by atoms with Gasteiger partial charge in [0.05, 0.1) is 12.2 Å². The van der Waals surface area contributed by atoms with Crippen LogP contribution in [0, 0.1) is 0 Å². The Kier molecular flexibility index (Phi) is 3.67. The Bertz CT molecular complexity index is 591. The molecule has 0 spiro atoms. The zero-order chi connectivity index (χ0) is 14.8. The number of nitrogen functional groups attached to an aromatic ring is 1. The van der Waals surface area contributed by atoms with Crippen LogP contribution in [0.5, 0.6) is 0 Å². The smallest absolute Gasteiger partial charge is 0.257 e. The highest BCUT2D eigenvalue weighted by Crippen LogP contribution is 2.18. The molecule has 0 amide bonds. The summed E-state index contributed by atoms with van der Waals surface area (Å²) in [5.74, 6) is 6.73. The molecule has 1 saturated heterocycles. The van der Waals surface area contributed by atoms with Crippen LogP contribution < -0.4 is 16.2 Å². The third kappa shape index (κ3) is 2.93. The van der Waals surface area contributed by atoms with Crippen LogP contribution in [-0.2, 0) is 4.74 Å². The van der Waals surface area contributed by atoms with Crippen molar-refractivity contribution in [1.82, 2.24) is 24.7 Å². The Balaban J connectivity index is 1.96. The zero-order valence-electron chi connectivity index (χ0n) is 12.0. The molecule has 0 radical (unpaired) electrons. The average molecular weight is 290 g/mol. The lowest BCUT2D eigenvalue weighted by Gasteiger charge is -2.35. The monoisotopic (exact) mass is 290 g/mol. The summed E-state index contributed by atoms with van der Waals surface area (Å²) in [6.07, 6.45) is 3.67. The quantitative estimate of drug-likeness (QED) is 0.599. The lowest BCUT2D eigenvalue weighted by Crippen LogP contribution is -2.46. The van der Waals surface area contributed by atoms with Crippen molar-refractivity contribution in [2.75, 3.05) is 23.4 Å². The van der Waals surface area contributed by atoms with Crippen LogP contribution in [0.15, 0.2) is 18.5 Å². The molecule has 9 nitrogen and oxygen atoms in total. The van der Waals surface area contributed by atoms with Gasteiger partial charge in [0.25, 0.3) is 5.95 Å². The molecule has 1 aliphatic heterocycles. The molecule has 3 N–H and O–H groups in total. The highest BCUT2D eigenvalue weighted by Gasteiger charge is 2.25. The van der Waals surface area contributed by atoms with E-state index in [0.717, 1.165) is 13.1 Å². The fourth-order valence-corrected chi connectivity index (χ4v) is 2.39. The van der Waals surface area contributed by atoms with Gasteiger partial charge in [-0.15, -0.1) is 0 Å². The van der Waals surface area contributed by atoms with Crippen LogP contribution in [0.4, 0.5) is 11.9 Å². The van der Waals surface area contributed by atoms with Crippen LogP contribution in [0.3, 0.4) is 0 Å². The highest BCUT2D eigenvalue weighted by atomic mass is 16.5. The fourth-order valence-electron chi connectivity index (χ4n) is 2.39. The third-order valence-electron chi connectivity index (χ3n) is 3.15. The summed E-state index contributed by atoms with van der Waals surface area (Å²) in [5, 5.41) is 4.13. The Morgan fingerprint density at radius 3 is 2.52 bits per heavy atom. The molecule has 1 aliphatic rings. The number of nitrogens with one attached hydrogen (secondary N) is 1. The van der Waals surface area contributed by atoms with E-state index < -0.39 is 0 Å². The van der Waals surface area contributed by atoms with E-state index in [1.54, 1.807) is 23.1 Å². The molecule has 2 atom stereocenters. The molecule has 2 aromatic rings. The Morgan fingerprint density at radius 2 is 1.90 bits per heavy atom. The van der Waals surface area contributed by atoms with Crippen LogP contribution in [0.2, 0.25) is 0 Å². The summed E-state index contributed by atoms with van der Waals surface area (Å²) in [6, 6.07) is 1.80. The molecule has 0 aromatic carbocycles. The second-order valence-electron chi connectivity index (χ2n) is 5.02. The van der Waals surface area contributed by atoms with E-state index >= 15 is 0 Å². The molecule has 112 valence electrons. The van der Waals surface area contributed by atoms with Crippen molar-refractivity contribution in [2.24, 2.45) is 5.84 Å². The standard InChI is InChI=1S/C12H18N8O/c1-8-6-19(7-9(2)21-8)11-15-10(18-13)16-12(17-11)20-5-3-4-14-20/h3-5,8-9H,6-7,13H2,1-2H3,(H,15,16,17,18). The minimum absolute atomic E-state index is 0.118. The SMILES string of the molecule is CC1CN(c2nc(NN)nc(-n3cccn3)n2)CC(C)O1. The molecule has 2 unspecified atom stereocenters. The lowest BCUT2D eigenvalue weighted by molar-refractivity contribution is -0.00572. The number of aromatic nitrogens is 5. The molecule has 0 aliphatic carbocycles. The number of hydrogen-bond donors (Lipinski definition) is 2. The lowest BCUT2D eigenvalue weighted by atomic mass is 10.2. The largest absolute Gasteiger partial charge is 0.372 e. The predicted octanol–water partition coefficient (Wildman–Crippen LogP) is -0.0435. The van der Waals surface area contributed by atoms with Crippen molar-refractivity contribution in [3.63, 3.8) is 0 Å². The number of rotatable bonds is 3. The fraction of sp³-hybridized carbons (Fsp3) is 0.500. The Hall–Kier alpha value is -2.26. The van der Waals surface area contributed by atoms with Gasteiger partial charge in [-0.05, 0) is 19.9 Å². The first kappa shape index (κ1) is 13.7. The summed E-state index contributed by atoms with van der Waals surface area (Å²) < 4.78 is 7.29. The van der Waals surface area contributed by atoms with E-state index in [1.807, 2.05) is 13.8 Å². The van der Waals surface area contributed by atoms with E-state index in [9.17, 15) is 0 Å². The average Bonchev–Trinajstić information content (AvgIpc) is 3.00. The molecule has 0 saturated carbocycles. The zero-order valence-corrected chi connectivity index (χ0v) is 12.0. The second kappa shape index (κ2) is 5.62. The number of nitrogens with zero attached hydrogens (tertiary/aromatic N) is 6. The van der Waals surface area contributed by atoms with Crippen molar-refractivity contribution in [3.8, 4) is 5.95 Å². The number of hydrazine groups is 1. The van der Waals surface area contributed by atoms with Crippen molar-refractivity contribution in [2.45, 2.75) is 26.1 Å². The predicted molar refractivity (Wildman–Crippen MR) is 77.0 cm³/mol. The molecule has 21 heavy (non-hydrogen) atoms. The first-order valence-corrected chi connectivity index (χ1v) is 6.79. The van der Waals surface area contributed by atoms with Gasteiger partial charge in [-0.25, -0.2) is 10.5 Å². The Morgan fingerprint density at radius 1 is 1.19 bits per heavy atom. The van der Waals surface area contributed by atoms with Crippen LogP contribution in [0.1, 0.15) is 13.8 Å². The summed E-state index contributed by atoms with van der Waals surface area (Å²) in [6.45, 7) is 5.49. The number of nitrogens with two attached hydrogens (primary N) is 1. The topological polar surface area (TPSA) is 107 Å². The van der Waals surface area contributed by atoms with Gasteiger partial charge in [0, 0.05) is 25.5 Å². The van der Waals surface area contributed by atoms with E-state index in [0.29, 0.717) is 17.8 Å². The molecule has 2 aromatic heterocycles. The van der Waals surface area contributed by atoms with E-state index in [-0.39, 0.29) is 12.2 Å². The molecule has 9 heteroatoms. The number of anilines is 2. The van der Waals surface area contributed by atoms with Crippen molar-refractivity contribution >= 4 is 11.9 Å². The summed E-state index contributed by atoms with van der Waals surface area (Å²) >= 11 is 0. The summed E-state index contributed by atoms with van der Waals surface area (Å²) in [5.41, 5.74) is 2.47. The minimum atomic E-state index is 0.118. The van der Waals surface area contributed by atoms with Gasteiger partial charge in [0.15, 0.2) is 0 Å². The minimum Gasteiger partial charge on any atom is -0.372 e. The summed E-state index contributed by atoms with van der Waals surface area (Å²) in [4.78, 5) is 15.1. The van der Waals surface area contributed by atoms with Gasteiger partial charge in [-0.3, -0.25) is 5.43 Å². The van der Waals surface area contributed by atoms with E-state index in [4.69, 9.17) is 10.6 Å². The molecule has 3 rings (SSSR count). The maximum atomic E-state index is 5.73. The van der Waals surface area contributed by atoms with Crippen LogP contribution >= 0.6 is 0 Å². The first-order valence-electron chi connectivity index (χ1n) is 6.79. The number of ether oxygens (including phenoxy) is 1. The normalized spacial score (nSPS) is 22.3. The van der Waals surface area contributed by atoms with Gasteiger partial charge in [0.2, 0.25) is 11.9 Å². The molecular formula is C12H18N8O. The third-order valence-corrected chi connectivity index (χ3v) is 3.15. The van der Waals surface area contributed by atoms with Gasteiger partial charge in [-0.1, -0.05) is 0 Å². The van der Waals surface area contributed by atoms with Gasteiger partial charge in [-0.2, -0.15) is 20.1 Å². The highest BCUT2D eigenvalue weighted by molar-refractivity contribution is 5.40. The maximum Gasteiger partial charge on any atom is 0.257 e. The van der Waals surface area contributed by atoms with Crippen molar-refractivity contribution in [1.29, 1.82) is 0 Å². The number of morpholine rings is 1. The van der Waals surface area contributed by atoms with Gasteiger partial charge >= 0.3 is 0 Å². The van der Waals surface area contributed by atoms with E-state index in [2.05, 4.69) is 30.4 Å². The summed E-state index contributed by atoms with van der Waals surface area (Å²) in [7, 11) is 0. The second-order valence-corrected chi connectivity index (χ2v) is 5.02. The van der Waals surface area contributed by atoms with Crippen molar-refractivity contribution in [3.05, 3.63) is 18.5 Å². The van der Waals surface area contributed by atoms with E-state index in [1.165, 1.54) is 0 Å². The molecule has 0 bridgehead atoms. The molecule has 3 heterocycles. The molecular weight excluding hydrogens is 272 g/mol. The molecule has 1 fully saturated rings. The van der Waals surface area contributed by atoms with Gasteiger partial charge in [0.1, 0.15) is 0 Å². The maximum absolute atomic E-state index is 5.73. The Labute approximate surface area is 122 Å². The van der Waals surface area contributed by atoms with Crippen LogP contribution in [0.25, 0.3) is 5.95 Å². The van der Waals surface area contributed by atoms with Gasteiger partial charge < -0.3 is 9.64 Å². The first-order chi connectivity index (χ1) is 10.2. The number of hydrogen-bond acceptors (Lipinski definition) is 8.